The van der Waals surface area contributed by atoms with Gasteiger partial charge in [-0.15, -0.1) is 11.8 Å². The number of fused-ring (bicyclic) bond motifs is 1. The molecule has 8 N–H and O–H groups in total. The van der Waals surface area contributed by atoms with Gasteiger partial charge in [-0.2, -0.15) is 4.98 Å². The van der Waals surface area contributed by atoms with Crippen molar-refractivity contribution in [3.05, 3.63) is 35.0 Å². The summed E-state index contributed by atoms with van der Waals surface area (Å²) < 4.78 is 22.5. The van der Waals surface area contributed by atoms with E-state index in [4.69, 9.17) is 45.4 Å². The lowest BCUT2D eigenvalue weighted by atomic mass is 10.1. The van der Waals surface area contributed by atoms with Crippen molar-refractivity contribution in [2.75, 3.05) is 114 Å². The molecule has 1 fully saturated rings. The Labute approximate surface area is 363 Å². The lowest BCUT2D eigenvalue weighted by Gasteiger charge is -2.35. The van der Waals surface area contributed by atoms with Gasteiger partial charge in [0, 0.05) is 76.6 Å². The molecule has 0 bridgehead atoms. The SMILES string of the molecule is CCCCCNc1nc(N)nc2c1N(Cc1ccc(CN3CCN(C(=O)CCOCCOCCOCCNC(=O)C(CC)SCC(N)C(=O)O)CC3)cc1OC)CC2.O=CO. The quantitative estimate of drug-likeness (QED) is 0.0528. The van der Waals surface area contributed by atoms with Gasteiger partial charge in [-0.05, 0) is 24.5 Å². The summed E-state index contributed by atoms with van der Waals surface area (Å²) in [6.07, 6.45) is 5.13. The van der Waals surface area contributed by atoms with Crippen LogP contribution in [-0.4, -0.2) is 164 Å². The summed E-state index contributed by atoms with van der Waals surface area (Å²) in [7, 11) is 1.72. The zero-order valence-corrected chi connectivity index (χ0v) is 36.8. The monoisotopic (exact) mass is 877 g/mol. The molecule has 0 saturated carbocycles. The summed E-state index contributed by atoms with van der Waals surface area (Å²) in [4.78, 5) is 60.1. The molecule has 19 nitrogen and oxygen atoms in total. The fraction of sp³-hybridized carbons (Fsp3) is 0.659. The number of amides is 2. The maximum absolute atomic E-state index is 12.8. The molecule has 1 aromatic carbocycles. The van der Waals surface area contributed by atoms with Crippen LogP contribution in [0.3, 0.4) is 0 Å². The van der Waals surface area contributed by atoms with Crippen LogP contribution in [0.4, 0.5) is 17.5 Å². The highest BCUT2D eigenvalue weighted by molar-refractivity contribution is 8.00. The largest absolute Gasteiger partial charge is 0.496 e. The number of hydrogen-bond acceptors (Lipinski definition) is 16. The molecule has 342 valence electrons. The van der Waals surface area contributed by atoms with E-state index in [-0.39, 0.29) is 29.3 Å². The molecule has 2 aliphatic rings. The lowest BCUT2D eigenvalue weighted by Crippen LogP contribution is -2.48. The van der Waals surface area contributed by atoms with Crippen LogP contribution in [0.1, 0.15) is 62.8 Å². The number of carbonyl (C=O) groups excluding carboxylic acids is 2. The Kier molecular flexibility index (Phi) is 24.1. The van der Waals surface area contributed by atoms with Crippen LogP contribution in [0, 0.1) is 0 Å². The van der Waals surface area contributed by atoms with Crippen molar-refractivity contribution in [2.24, 2.45) is 5.73 Å². The van der Waals surface area contributed by atoms with Gasteiger partial charge in [0.05, 0.1) is 64.1 Å². The number of thioether (sulfide) groups is 1. The first-order valence-corrected chi connectivity index (χ1v) is 22.1. The summed E-state index contributed by atoms with van der Waals surface area (Å²) in [5.74, 6) is 0.987. The Hall–Kier alpha value is -4.47. The topological polar surface area (TPSA) is 257 Å². The number of unbranched alkanes of at least 4 members (excludes halogenated alkanes) is 2. The fourth-order valence-electron chi connectivity index (χ4n) is 6.77. The third-order valence-corrected chi connectivity index (χ3v) is 11.5. The number of aliphatic carboxylic acids is 1. The van der Waals surface area contributed by atoms with E-state index in [2.05, 4.69) is 55.5 Å². The number of ether oxygens (including phenoxy) is 4. The van der Waals surface area contributed by atoms with Crippen molar-refractivity contribution >= 4 is 53.5 Å². The highest BCUT2D eigenvalue weighted by Crippen LogP contribution is 2.36. The van der Waals surface area contributed by atoms with Gasteiger partial charge >= 0.3 is 5.97 Å². The minimum absolute atomic E-state index is 0.0932. The van der Waals surface area contributed by atoms with Crippen molar-refractivity contribution in [1.82, 2.24) is 25.1 Å². The third kappa shape index (κ3) is 18.2. The predicted molar refractivity (Wildman–Crippen MR) is 235 cm³/mol. The number of nitrogens with one attached hydrogen (secondary N) is 2. The van der Waals surface area contributed by atoms with Crippen LogP contribution in [0.15, 0.2) is 18.2 Å². The van der Waals surface area contributed by atoms with Crippen molar-refractivity contribution in [3.8, 4) is 5.75 Å². The van der Waals surface area contributed by atoms with E-state index in [0.717, 1.165) is 86.9 Å². The molecule has 2 atom stereocenters. The van der Waals surface area contributed by atoms with Crippen molar-refractivity contribution < 1.29 is 48.3 Å². The Morgan fingerprint density at radius 1 is 0.951 bits per heavy atom. The highest BCUT2D eigenvalue weighted by Gasteiger charge is 2.27. The number of piperazine rings is 1. The normalized spacial score (nSPS) is 14.7. The number of hydrogen-bond donors (Lipinski definition) is 6. The number of anilines is 3. The smallest absolute Gasteiger partial charge is 0.321 e. The first kappa shape index (κ1) is 50.9. The molecular formula is C41H67N9O10S. The number of rotatable bonds is 28. The summed E-state index contributed by atoms with van der Waals surface area (Å²) in [5.41, 5.74) is 15.9. The number of nitrogens with zero attached hydrogens (tertiary/aromatic N) is 5. The van der Waals surface area contributed by atoms with Gasteiger partial charge in [0.25, 0.3) is 6.47 Å². The maximum Gasteiger partial charge on any atom is 0.321 e. The molecule has 2 aliphatic heterocycles. The van der Waals surface area contributed by atoms with Crippen LogP contribution in [0.2, 0.25) is 0 Å². The molecule has 20 heteroatoms. The Balaban J connectivity index is 0.00000321. The van der Waals surface area contributed by atoms with Crippen LogP contribution in [0.5, 0.6) is 5.75 Å². The average Bonchev–Trinajstić information content (AvgIpc) is 3.65. The number of carboxylic acid groups (broad SMARTS) is 2. The molecule has 0 aliphatic carbocycles. The van der Waals surface area contributed by atoms with E-state index in [9.17, 15) is 14.4 Å². The lowest BCUT2D eigenvalue weighted by molar-refractivity contribution is -0.138. The highest BCUT2D eigenvalue weighted by atomic mass is 32.2. The van der Waals surface area contributed by atoms with Crippen LogP contribution < -0.4 is 31.7 Å². The van der Waals surface area contributed by atoms with Gasteiger partial charge in [-0.3, -0.25) is 24.1 Å². The summed E-state index contributed by atoms with van der Waals surface area (Å²) >= 11 is 1.24. The summed E-state index contributed by atoms with van der Waals surface area (Å²) in [6.45, 7) is 12.5. The summed E-state index contributed by atoms with van der Waals surface area (Å²) in [6, 6.07) is 5.45. The molecule has 0 spiro atoms. The molecule has 3 heterocycles. The van der Waals surface area contributed by atoms with E-state index in [0.29, 0.717) is 84.6 Å². The summed E-state index contributed by atoms with van der Waals surface area (Å²) in [5, 5.41) is 21.7. The van der Waals surface area contributed by atoms with Crippen molar-refractivity contribution in [3.63, 3.8) is 0 Å². The van der Waals surface area contributed by atoms with E-state index in [1.54, 1.807) is 7.11 Å². The second-order valence-electron chi connectivity index (χ2n) is 14.5. The van der Waals surface area contributed by atoms with Crippen LogP contribution in [-0.2, 0) is 52.9 Å². The fourth-order valence-corrected chi connectivity index (χ4v) is 7.82. The standard InChI is InChI=1S/C40H65N9O8S.CH2O2/c1-4-6-7-12-43-37-36-32(45-40(42)46-37)10-14-49(36)27-30-9-8-29(25-33(30)54-3)26-47-15-17-48(18-16-47)35(50)11-19-55-21-23-57-24-22-56-20-13-44-38(51)34(5-2)58-28-31(41)39(52)53;2-1-3/h8-9,25,31,34H,4-7,10-24,26-28,41H2,1-3H3,(H,44,51)(H,52,53)(H3,42,43,45,46);1H,(H,2,3). The minimum atomic E-state index is -1.08. The average molecular weight is 878 g/mol. The molecule has 1 aromatic heterocycles. The molecule has 2 unspecified atom stereocenters. The second-order valence-corrected chi connectivity index (χ2v) is 15.7. The zero-order valence-electron chi connectivity index (χ0n) is 36.0. The van der Waals surface area contributed by atoms with E-state index in [1.165, 1.54) is 17.3 Å². The minimum Gasteiger partial charge on any atom is -0.496 e. The zero-order chi connectivity index (χ0) is 44.4. The Morgan fingerprint density at radius 3 is 2.30 bits per heavy atom. The maximum atomic E-state index is 12.8. The Morgan fingerprint density at radius 2 is 1.64 bits per heavy atom. The van der Waals surface area contributed by atoms with Gasteiger partial charge in [-0.1, -0.05) is 38.8 Å². The second kappa shape index (κ2) is 28.9. The first-order valence-electron chi connectivity index (χ1n) is 21.0. The molecule has 2 amide bonds. The van der Waals surface area contributed by atoms with Gasteiger partial charge < -0.3 is 61.1 Å². The van der Waals surface area contributed by atoms with Gasteiger partial charge in [0.2, 0.25) is 17.8 Å². The molecular weight excluding hydrogens is 811 g/mol. The number of carbonyl (C=O) groups is 4. The van der Waals surface area contributed by atoms with Gasteiger partial charge in [-0.25, -0.2) is 4.98 Å². The van der Waals surface area contributed by atoms with Gasteiger partial charge in [0.1, 0.15) is 17.5 Å². The molecule has 0 radical (unpaired) electrons. The molecule has 4 rings (SSSR count). The van der Waals surface area contributed by atoms with Crippen molar-refractivity contribution in [2.45, 2.75) is 76.8 Å². The van der Waals surface area contributed by atoms with Crippen molar-refractivity contribution in [1.29, 1.82) is 0 Å². The molecule has 61 heavy (non-hydrogen) atoms. The number of nitrogens with two attached hydrogens (primary N) is 2. The Bertz CT molecular complexity index is 1640. The number of methoxy groups -OCH3 is 1. The number of nitrogen functional groups attached to an aromatic ring is 1. The van der Waals surface area contributed by atoms with Gasteiger partial charge in [0.15, 0.2) is 5.82 Å². The predicted octanol–water partition coefficient (Wildman–Crippen LogP) is 2.06. The van der Waals surface area contributed by atoms with E-state index >= 15 is 0 Å². The molecule has 1 saturated heterocycles. The number of aromatic nitrogens is 2. The first-order chi connectivity index (χ1) is 29.5. The number of carboxylic acids is 1. The van der Waals surface area contributed by atoms with Crippen LogP contribution >= 0.6 is 11.8 Å². The van der Waals surface area contributed by atoms with E-state index in [1.807, 2.05) is 11.8 Å². The number of benzene rings is 1. The third-order valence-electron chi connectivity index (χ3n) is 10.0. The van der Waals surface area contributed by atoms with E-state index < -0.39 is 12.0 Å². The molecule has 2 aromatic rings. The van der Waals surface area contributed by atoms with Crippen LogP contribution in [0.25, 0.3) is 0 Å².